The van der Waals surface area contributed by atoms with E-state index >= 15 is 0 Å². The van der Waals surface area contributed by atoms with Crippen molar-refractivity contribution >= 4 is 17.3 Å². The third kappa shape index (κ3) is 3.33. The van der Waals surface area contributed by atoms with Crippen molar-refractivity contribution in [2.75, 3.05) is 19.5 Å². The lowest BCUT2D eigenvalue weighted by molar-refractivity contribution is 0.394. The maximum atomic E-state index is 13.8. The van der Waals surface area contributed by atoms with Crippen molar-refractivity contribution in [3.05, 3.63) is 52.8 Å². The fraction of sp³-hybridized carbons (Fsp3) is 0.200. The van der Waals surface area contributed by atoms with E-state index in [2.05, 4.69) is 5.32 Å². The average Bonchev–Trinajstić information content (AvgIpc) is 2.48. The Bertz CT molecular complexity index is 582. The summed E-state index contributed by atoms with van der Waals surface area (Å²) in [5, 5.41) is 3.24. The SMILES string of the molecule is COc1cc(NCc2cccc(Cl)c2F)cc(OC)c1. The van der Waals surface area contributed by atoms with Crippen molar-refractivity contribution in [1.82, 2.24) is 0 Å². The van der Waals surface area contributed by atoms with E-state index in [1.165, 1.54) is 6.07 Å². The predicted molar refractivity (Wildman–Crippen MR) is 78.3 cm³/mol. The van der Waals surface area contributed by atoms with Gasteiger partial charge in [0.2, 0.25) is 0 Å². The molecule has 2 rings (SSSR count). The van der Waals surface area contributed by atoms with Gasteiger partial charge in [-0.3, -0.25) is 0 Å². The Balaban J connectivity index is 2.16. The van der Waals surface area contributed by atoms with E-state index in [0.29, 0.717) is 23.6 Å². The molecule has 1 N–H and O–H groups in total. The smallest absolute Gasteiger partial charge is 0.146 e. The lowest BCUT2D eigenvalue weighted by Crippen LogP contribution is -2.02. The van der Waals surface area contributed by atoms with Crippen molar-refractivity contribution in [1.29, 1.82) is 0 Å². The number of ether oxygens (including phenoxy) is 2. The van der Waals surface area contributed by atoms with E-state index in [1.807, 2.05) is 12.1 Å². The first-order valence-electron chi connectivity index (χ1n) is 6.04. The Morgan fingerprint density at radius 3 is 2.35 bits per heavy atom. The second kappa shape index (κ2) is 6.48. The first kappa shape index (κ1) is 14.5. The Labute approximate surface area is 122 Å². The molecule has 0 aliphatic heterocycles. The van der Waals surface area contributed by atoms with Crippen LogP contribution < -0.4 is 14.8 Å². The van der Waals surface area contributed by atoms with Crippen LogP contribution in [-0.4, -0.2) is 14.2 Å². The van der Waals surface area contributed by atoms with E-state index < -0.39 is 5.82 Å². The molecule has 0 bridgehead atoms. The van der Waals surface area contributed by atoms with Gasteiger partial charge in [-0.05, 0) is 6.07 Å². The third-order valence-electron chi connectivity index (χ3n) is 2.87. The van der Waals surface area contributed by atoms with Crippen LogP contribution in [0, 0.1) is 5.82 Å². The first-order chi connectivity index (χ1) is 9.63. The first-order valence-corrected chi connectivity index (χ1v) is 6.41. The van der Waals surface area contributed by atoms with Crippen molar-refractivity contribution in [3.8, 4) is 11.5 Å². The molecule has 106 valence electrons. The highest BCUT2D eigenvalue weighted by Gasteiger charge is 2.07. The molecule has 2 aromatic carbocycles. The fourth-order valence-electron chi connectivity index (χ4n) is 1.79. The molecule has 3 nitrogen and oxygen atoms in total. The van der Waals surface area contributed by atoms with Gasteiger partial charge in [0.25, 0.3) is 0 Å². The molecule has 0 unspecified atom stereocenters. The van der Waals surface area contributed by atoms with Crippen LogP contribution in [0.5, 0.6) is 11.5 Å². The maximum absolute atomic E-state index is 13.8. The predicted octanol–water partition coefficient (Wildman–Crippen LogP) is 4.11. The molecule has 0 radical (unpaired) electrons. The molecule has 20 heavy (non-hydrogen) atoms. The van der Waals surface area contributed by atoms with Crippen molar-refractivity contribution in [2.24, 2.45) is 0 Å². The number of halogens is 2. The van der Waals surface area contributed by atoms with Crippen molar-refractivity contribution in [3.63, 3.8) is 0 Å². The van der Waals surface area contributed by atoms with Gasteiger partial charge in [-0.25, -0.2) is 4.39 Å². The minimum absolute atomic E-state index is 0.118. The van der Waals surface area contributed by atoms with Gasteiger partial charge in [0.15, 0.2) is 0 Å². The summed E-state index contributed by atoms with van der Waals surface area (Å²) in [6.07, 6.45) is 0. The second-order valence-corrected chi connectivity index (χ2v) is 4.58. The van der Waals surface area contributed by atoms with Crippen LogP contribution in [-0.2, 0) is 6.54 Å². The molecule has 0 aliphatic carbocycles. The Morgan fingerprint density at radius 2 is 1.75 bits per heavy atom. The van der Waals surface area contributed by atoms with Gasteiger partial charge >= 0.3 is 0 Å². The van der Waals surface area contributed by atoms with Crippen LogP contribution in [0.1, 0.15) is 5.56 Å². The maximum Gasteiger partial charge on any atom is 0.146 e. The number of benzene rings is 2. The molecule has 0 amide bonds. The van der Waals surface area contributed by atoms with Crippen LogP contribution in [0.3, 0.4) is 0 Å². The molecule has 0 heterocycles. The van der Waals surface area contributed by atoms with Crippen LogP contribution in [0.2, 0.25) is 5.02 Å². The molecule has 0 atom stereocenters. The number of anilines is 1. The molecule has 5 heteroatoms. The summed E-state index contributed by atoms with van der Waals surface area (Å²) in [5.74, 6) is 0.924. The molecule has 0 saturated carbocycles. The highest BCUT2D eigenvalue weighted by Crippen LogP contribution is 2.26. The van der Waals surface area contributed by atoms with Gasteiger partial charge in [-0.15, -0.1) is 0 Å². The average molecular weight is 296 g/mol. The highest BCUT2D eigenvalue weighted by molar-refractivity contribution is 6.30. The Morgan fingerprint density at radius 1 is 1.10 bits per heavy atom. The quantitative estimate of drug-likeness (QED) is 0.900. The summed E-state index contributed by atoms with van der Waals surface area (Å²) in [4.78, 5) is 0. The zero-order valence-electron chi connectivity index (χ0n) is 11.2. The molecule has 0 aliphatic rings. The summed E-state index contributed by atoms with van der Waals surface area (Å²) in [6.45, 7) is 0.322. The van der Waals surface area contributed by atoms with Crippen LogP contribution >= 0.6 is 11.6 Å². The Kier molecular flexibility index (Phi) is 4.69. The summed E-state index contributed by atoms with van der Waals surface area (Å²) in [5.41, 5.74) is 1.28. The van der Waals surface area contributed by atoms with Gasteiger partial charge in [-0.1, -0.05) is 23.7 Å². The normalized spacial score (nSPS) is 10.2. The second-order valence-electron chi connectivity index (χ2n) is 4.17. The summed E-state index contributed by atoms with van der Waals surface area (Å²) in [6, 6.07) is 10.3. The van der Waals surface area contributed by atoms with Gasteiger partial charge in [0.1, 0.15) is 17.3 Å². The van der Waals surface area contributed by atoms with Crippen LogP contribution in [0.15, 0.2) is 36.4 Å². The molecule has 0 aromatic heterocycles. The van der Waals surface area contributed by atoms with E-state index in [-0.39, 0.29) is 5.02 Å². The van der Waals surface area contributed by atoms with Crippen molar-refractivity contribution in [2.45, 2.75) is 6.54 Å². The summed E-state index contributed by atoms with van der Waals surface area (Å²) in [7, 11) is 3.16. The lowest BCUT2D eigenvalue weighted by atomic mass is 10.2. The summed E-state index contributed by atoms with van der Waals surface area (Å²) < 4.78 is 24.1. The number of hydrogen-bond acceptors (Lipinski definition) is 3. The number of rotatable bonds is 5. The van der Waals surface area contributed by atoms with E-state index in [0.717, 1.165) is 5.69 Å². The molecular weight excluding hydrogens is 281 g/mol. The van der Waals surface area contributed by atoms with E-state index in [9.17, 15) is 4.39 Å². The van der Waals surface area contributed by atoms with Crippen LogP contribution in [0.25, 0.3) is 0 Å². The Hall–Kier alpha value is -1.94. The zero-order chi connectivity index (χ0) is 14.5. The molecule has 0 spiro atoms. The number of hydrogen-bond donors (Lipinski definition) is 1. The lowest BCUT2D eigenvalue weighted by Gasteiger charge is -2.11. The minimum atomic E-state index is -0.406. The van der Waals surface area contributed by atoms with E-state index in [1.54, 1.807) is 32.4 Å². The largest absolute Gasteiger partial charge is 0.497 e. The molecule has 0 saturated heterocycles. The fourth-order valence-corrected chi connectivity index (χ4v) is 1.99. The molecule has 0 fully saturated rings. The van der Waals surface area contributed by atoms with Crippen LogP contribution in [0.4, 0.5) is 10.1 Å². The standard InChI is InChI=1S/C15H15ClFNO2/c1-19-12-6-11(7-13(8-12)20-2)18-9-10-4-3-5-14(16)15(10)17/h3-8,18H,9H2,1-2H3. The molecular formula is C15H15ClFNO2. The monoisotopic (exact) mass is 295 g/mol. The number of methoxy groups -OCH3 is 2. The minimum Gasteiger partial charge on any atom is -0.497 e. The van der Waals surface area contributed by atoms with Crippen molar-refractivity contribution < 1.29 is 13.9 Å². The zero-order valence-corrected chi connectivity index (χ0v) is 12.0. The summed E-state index contributed by atoms with van der Waals surface area (Å²) >= 11 is 5.75. The topological polar surface area (TPSA) is 30.5 Å². The number of nitrogens with one attached hydrogen (secondary N) is 1. The highest BCUT2D eigenvalue weighted by atomic mass is 35.5. The van der Waals surface area contributed by atoms with Gasteiger partial charge < -0.3 is 14.8 Å². The van der Waals surface area contributed by atoms with Gasteiger partial charge in [0, 0.05) is 36.0 Å². The van der Waals surface area contributed by atoms with Gasteiger partial charge in [-0.2, -0.15) is 0 Å². The molecule has 2 aromatic rings. The van der Waals surface area contributed by atoms with E-state index in [4.69, 9.17) is 21.1 Å². The van der Waals surface area contributed by atoms with Gasteiger partial charge in [0.05, 0.1) is 19.2 Å². The third-order valence-corrected chi connectivity index (χ3v) is 3.16.